The number of benzene rings is 2. The Hall–Kier alpha value is -2.03. The highest BCUT2D eigenvalue weighted by atomic mass is 35.5. The number of halogens is 3. The molecule has 1 aliphatic heterocycles. The molecule has 0 atom stereocenters. The highest BCUT2D eigenvalue weighted by Crippen LogP contribution is 2.26. The van der Waals surface area contributed by atoms with Crippen LogP contribution in [0.5, 0.6) is 0 Å². The topological polar surface area (TPSA) is 66.5 Å². The fourth-order valence-electron chi connectivity index (χ4n) is 3.06. The van der Waals surface area contributed by atoms with Gasteiger partial charge in [-0.1, -0.05) is 17.7 Å². The average Bonchev–Trinajstić information content (AvgIpc) is 2.67. The van der Waals surface area contributed by atoms with Gasteiger partial charge in [0.2, 0.25) is 15.9 Å². The van der Waals surface area contributed by atoms with Gasteiger partial charge in [-0.25, -0.2) is 17.2 Å². The van der Waals surface area contributed by atoms with Crippen LogP contribution < -0.4 is 5.32 Å². The van der Waals surface area contributed by atoms with Gasteiger partial charge in [0.05, 0.1) is 4.90 Å². The summed E-state index contributed by atoms with van der Waals surface area (Å²) in [6.07, 6.45) is 0.655. The highest BCUT2D eigenvalue weighted by molar-refractivity contribution is 7.89. The largest absolute Gasteiger partial charge is 0.326 e. The first-order chi connectivity index (χ1) is 13.2. The van der Waals surface area contributed by atoms with Crippen molar-refractivity contribution in [3.05, 3.63) is 58.6 Å². The summed E-state index contributed by atoms with van der Waals surface area (Å²) in [5, 5.41) is 3.34. The van der Waals surface area contributed by atoms with Crippen molar-refractivity contribution >= 4 is 33.2 Å². The molecule has 1 N–H and O–H groups in total. The summed E-state index contributed by atoms with van der Waals surface area (Å²) >= 11 is 6.06. The molecule has 0 saturated carbocycles. The maximum absolute atomic E-state index is 13.4. The predicted octanol–water partition coefficient (Wildman–Crippen LogP) is 3.97. The van der Waals surface area contributed by atoms with E-state index in [-0.39, 0.29) is 29.8 Å². The van der Waals surface area contributed by atoms with Crippen LogP contribution in [0.2, 0.25) is 5.02 Å². The maximum Gasteiger partial charge on any atom is 0.243 e. The number of amides is 1. The standard InChI is InChI=1S/C19H19ClF2N2O3S/c1-12-2-3-14(10-16(12)20)23-19(25)13-6-8-24(9-7-13)28(26,27)15-4-5-17(21)18(22)11-15/h2-5,10-11,13H,6-9H2,1H3,(H,23,25). The monoisotopic (exact) mass is 428 g/mol. The Bertz CT molecular complexity index is 1010. The predicted molar refractivity (Wildman–Crippen MR) is 103 cm³/mol. The lowest BCUT2D eigenvalue weighted by atomic mass is 9.97. The van der Waals surface area contributed by atoms with Gasteiger partial charge in [-0.15, -0.1) is 0 Å². The van der Waals surface area contributed by atoms with E-state index in [1.807, 2.05) is 6.92 Å². The molecule has 2 aromatic carbocycles. The molecule has 1 heterocycles. The van der Waals surface area contributed by atoms with Gasteiger partial charge in [-0.3, -0.25) is 4.79 Å². The summed E-state index contributed by atoms with van der Waals surface area (Å²) in [4.78, 5) is 12.2. The summed E-state index contributed by atoms with van der Waals surface area (Å²) in [5.74, 6) is -2.88. The van der Waals surface area contributed by atoms with E-state index in [1.54, 1.807) is 18.2 Å². The minimum atomic E-state index is -3.94. The molecule has 1 amide bonds. The zero-order valence-electron chi connectivity index (χ0n) is 15.1. The van der Waals surface area contributed by atoms with Crippen LogP contribution in [0.4, 0.5) is 14.5 Å². The molecular formula is C19H19ClF2N2O3S. The molecule has 0 unspecified atom stereocenters. The second-order valence-electron chi connectivity index (χ2n) is 6.71. The Morgan fingerprint density at radius 3 is 2.39 bits per heavy atom. The lowest BCUT2D eigenvalue weighted by Crippen LogP contribution is -2.41. The number of anilines is 1. The first kappa shape index (κ1) is 20.7. The molecule has 0 aliphatic carbocycles. The average molecular weight is 429 g/mol. The van der Waals surface area contributed by atoms with Crippen molar-refractivity contribution in [2.24, 2.45) is 5.92 Å². The Labute approximate surface area is 167 Å². The van der Waals surface area contributed by atoms with Crippen LogP contribution in [0.15, 0.2) is 41.3 Å². The Morgan fingerprint density at radius 2 is 1.79 bits per heavy atom. The van der Waals surface area contributed by atoms with Crippen molar-refractivity contribution < 1.29 is 22.0 Å². The summed E-state index contributed by atoms with van der Waals surface area (Å²) in [5.41, 5.74) is 1.48. The SMILES string of the molecule is Cc1ccc(NC(=O)C2CCN(S(=O)(=O)c3ccc(F)c(F)c3)CC2)cc1Cl. The molecule has 1 saturated heterocycles. The van der Waals surface area contributed by atoms with Crippen LogP contribution in [-0.4, -0.2) is 31.7 Å². The van der Waals surface area contributed by atoms with E-state index in [9.17, 15) is 22.0 Å². The number of nitrogens with one attached hydrogen (secondary N) is 1. The van der Waals surface area contributed by atoms with E-state index in [0.717, 1.165) is 17.7 Å². The molecule has 1 aliphatic rings. The summed E-state index contributed by atoms with van der Waals surface area (Å²) < 4.78 is 52.8. The quantitative estimate of drug-likeness (QED) is 0.801. The number of piperidine rings is 1. The normalized spacial score (nSPS) is 16.1. The number of carbonyl (C=O) groups excluding carboxylic acids is 1. The molecule has 0 aromatic heterocycles. The van der Waals surface area contributed by atoms with E-state index in [1.165, 1.54) is 4.31 Å². The summed E-state index contributed by atoms with van der Waals surface area (Å²) in [6, 6.07) is 7.71. The first-order valence-electron chi connectivity index (χ1n) is 8.70. The van der Waals surface area contributed by atoms with Crippen molar-refractivity contribution in [1.29, 1.82) is 0 Å². The van der Waals surface area contributed by atoms with Crippen molar-refractivity contribution in [2.75, 3.05) is 18.4 Å². The molecular weight excluding hydrogens is 410 g/mol. The van der Waals surface area contributed by atoms with E-state index >= 15 is 0 Å². The third-order valence-corrected chi connectivity index (χ3v) is 7.09. The Kier molecular flexibility index (Phi) is 6.02. The molecule has 28 heavy (non-hydrogen) atoms. The van der Waals surface area contributed by atoms with Crippen LogP contribution in [0.25, 0.3) is 0 Å². The van der Waals surface area contributed by atoms with Crippen LogP contribution in [0, 0.1) is 24.5 Å². The minimum Gasteiger partial charge on any atom is -0.326 e. The van der Waals surface area contributed by atoms with Gasteiger partial charge in [-0.2, -0.15) is 4.31 Å². The van der Waals surface area contributed by atoms with Gasteiger partial charge in [0.15, 0.2) is 11.6 Å². The van der Waals surface area contributed by atoms with Crippen LogP contribution in [0.3, 0.4) is 0 Å². The van der Waals surface area contributed by atoms with E-state index in [0.29, 0.717) is 29.6 Å². The van der Waals surface area contributed by atoms with Gasteiger partial charge in [0.1, 0.15) is 0 Å². The van der Waals surface area contributed by atoms with Gasteiger partial charge in [-0.05, 0) is 55.7 Å². The number of nitrogens with zero attached hydrogens (tertiary/aromatic N) is 1. The second kappa shape index (κ2) is 8.14. The first-order valence-corrected chi connectivity index (χ1v) is 10.5. The molecule has 9 heteroatoms. The lowest BCUT2D eigenvalue weighted by molar-refractivity contribution is -0.120. The van der Waals surface area contributed by atoms with Crippen LogP contribution in [0.1, 0.15) is 18.4 Å². The van der Waals surface area contributed by atoms with Crippen LogP contribution >= 0.6 is 11.6 Å². The van der Waals surface area contributed by atoms with E-state index in [2.05, 4.69) is 5.32 Å². The smallest absolute Gasteiger partial charge is 0.243 e. The fourth-order valence-corrected chi connectivity index (χ4v) is 4.72. The van der Waals surface area contributed by atoms with Crippen LogP contribution in [-0.2, 0) is 14.8 Å². The van der Waals surface area contributed by atoms with Gasteiger partial charge in [0.25, 0.3) is 0 Å². The third-order valence-electron chi connectivity index (χ3n) is 4.79. The fraction of sp³-hybridized carbons (Fsp3) is 0.316. The second-order valence-corrected chi connectivity index (χ2v) is 9.05. The van der Waals surface area contributed by atoms with E-state index in [4.69, 9.17) is 11.6 Å². The van der Waals surface area contributed by atoms with Crippen molar-refractivity contribution in [2.45, 2.75) is 24.7 Å². The Balaban J connectivity index is 1.63. The number of hydrogen-bond donors (Lipinski definition) is 1. The number of carbonyl (C=O) groups is 1. The number of rotatable bonds is 4. The molecule has 2 aromatic rings. The zero-order valence-corrected chi connectivity index (χ0v) is 16.7. The van der Waals surface area contributed by atoms with Gasteiger partial charge < -0.3 is 5.32 Å². The summed E-state index contributed by atoms with van der Waals surface area (Å²) in [6.45, 7) is 2.10. The molecule has 3 rings (SSSR count). The summed E-state index contributed by atoms with van der Waals surface area (Å²) in [7, 11) is -3.94. The maximum atomic E-state index is 13.4. The molecule has 0 radical (unpaired) electrons. The zero-order chi connectivity index (χ0) is 20.5. The van der Waals surface area contributed by atoms with Gasteiger partial charge in [0, 0.05) is 29.7 Å². The molecule has 5 nitrogen and oxygen atoms in total. The lowest BCUT2D eigenvalue weighted by Gasteiger charge is -2.30. The Morgan fingerprint density at radius 1 is 1.11 bits per heavy atom. The minimum absolute atomic E-state index is 0.119. The highest BCUT2D eigenvalue weighted by Gasteiger charge is 2.32. The number of hydrogen-bond acceptors (Lipinski definition) is 3. The van der Waals surface area contributed by atoms with Crippen molar-refractivity contribution in [1.82, 2.24) is 4.31 Å². The number of aryl methyl sites for hydroxylation is 1. The van der Waals surface area contributed by atoms with Crippen molar-refractivity contribution in [3.8, 4) is 0 Å². The molecule has 1 fully saturated rings. The molecule has 150 valence electrons. The molecule has 0 spiro atoms. The van der Waals surface area contributed by atoms with Gasteiger partial charge >= 0.3 is 0 Å². The molecule has 0 bridgehead atoms. The van der Waals surface area contributed by atoms with E-state index < -0.39 is 21.7 Å². The number of sulfonamides is 1. The van der Waals surface area contributed by atoms with Crippen molar-refractivity contribution in [3.63, 3.8) is 0 Å². The third kappa shape index (κ3) is 4.34.